The van der Waals surface area contributed by atoms with E-state index in [0.29, 0.717) is 25.4 Å². The molecular formula is C13H16N4O2. The van der Waals surface area contributed by atoms with Crippen molar-refractivity contribution in [3.63, 3.8) is 0 Å². The van der Waals surface area contributed by atoms with Gasteiger partial charge in [-0.3, -0.25) is 9.67 Å². The lowest BCUT2D eigenvalue weighted by Gasteiger charge is -2.21. The number of nitrogens with zero attached hydrogens (tertiary/aromatic N) is 3. The van der Waals surface area contributed by atoms with Crippen LogP contribution in [0.5, 0.6) is 0 Å². The zero-order chi connectivity index (χ0) is 13.3. The van der Waals surface area contributed by atoms with Crippen LogP contribution in [-0.2, 0) is 21.8 Å². The minimum Gasteiger partial charge on any atom is -0.396 e. The largest absolute Gasteiger partial charge is 0.396 e. The van der Waals surface area contributed by atoms with Crippen molar-refractivity contribution in [1.82, 2.24) is 14.8 Å². The SMILES string of the molecule is CC1(c2cccc(Cn3cc(N)cn3)n2)OCCO1. The summed E-state index contributed by atoms with van der Waals surface area (Å²) in [7, 11) is 0. The highest BCUT2D eigenvalue weighted by Gasteiger charge is 2.34. The summed E-state index contributed by atoms with van der Waals surface area (Å²) in [6.45, 7) is 3.65. The molecule has 0 saturated carbocycles. The molecule has 0 amide bonds. The van der Waals surface area contributed by atoms with Crippen LogP contribution in [0.1, 0.15) is 18.3 Å². The van der Waals surface area contributed by atoms with Gasteiger partial charge in [0.05, 0.1) is 43.0 Å². The number of nitrogens with two attached hydrogens (primary N) is 1. The first-order chi connectivity index (χ1) is 9.16. The maximum Gasteiger partial charge on any atom is 0.209 e. The van der Waals surface area contributed by atoms with E-state index in [1.165, 1.54) is 0 Å². The maximum absolute atomic E-state index is 5.64. The van der Waals surface area contributed by atoms with Crippen LogP contribution in [0, 0.1) is 0 Å². The lowest BCUT2D eigenvalue weighted by Crippen LogP contribution is -2.24. The number of ether oxygens (including phenoxy) is 2. The second-order valence-corrected chi connectivity index (χ2v) is 4.63. The topological polar surface area (TPSA) is 75.2 Å². The van der Waals surface area contributed by atoms with E-state index in [1.807, 2.05) is 25.1 Å². The molecule has 0 spiro atoms. The number of hydrogen-bond acceptors (Lipinski definition) is 5. The Morgan fingerprint density at radius 3 is 2.84 bits per heavy atom. The standard InChI is InChI=1S/C13H16N4O2/c1-13(18-5-6-19-13)12-4-2-3-11(16-12)9-17-8-10(14)7-15-17/h2-4,7-8H,5-6,9,14H2,1H3. The number of hydrogen-bond donors (Lipinski definition) is 1. The molecule has 0 atom stereocenters. The van der Waals surface area contributed by atoms with E-state index in [1.54, 1.807) is 17.1 Å². The minimum absolute atomic E-state index is 0.571. The van der Waals surface area contributed by atoms with Gasteiger partial charge in [-0.2, -0.15) is 5.10 Å². The van der Waals surface area contributed by atoms with Crippen LogP contribution < -0.4 is 5.73 Å². The number of nitrogen functional groups attached to an aromatic ring is 1. The number of aromatic nitrogens is 3. The minimum atomic E-state index is -0.737. The Morgan fingerprint density at radius 2 is 2.16 bits per heavy atom. The third-order valence-corrected chi connectivity index (χ3v) is 3.09. The van der Waals surface area contributed by atoms with Gasteiger partial charge in [0, 0.05) is 6.20 Å². The molecule has 3 heterocycles. The van der Waals surface area contributed by atoms with Gasteiger partial charge < -0.3 is 15.2 Å². The summed E-state index contributed by atoms with van der Waals surface area (Å²) in [4.78, 5) is 4.58. The molecule has 0 aliphatic carbocycles. The molecule has 19 heavy (non-hydrogen) atoms. The van der Waals surface area contributed by atoms with Crippen LogP contribution >= 0.6 is 0 Å². The van der Waals surface area contributed by atoms with Gasteiger partial charge in [-0.1, -0.05) is 6.07 Å². The highest BCUT2D eigenvalue weighted by Crippen LogP contribution is 2.29. The first-order valence-electron chi connectivity index (χ1n) is 6.18. The normalized spacial score (nSPS) is 17.7. The predicted octanol–water partition coefficient (Wildman–Crippen LogP) is 1.13. The molecule has 100 valence electrons. The molecule has 1 fully saturated rings. The van der Waals surface area contributed by atoms with Crippen molar-refractivity contribution in [1.29, 1.82) is 0 Å². The maximum atomic E-state index is 5.64. The van der Waals surface area contributed by atoms with E-state index < -0.39 is 5.79 Å². The Kier molecular flexibility index (Phi) is 2.96. The van der Waals surface area contributed by atoms with Gasteiger partial charge in [-0.05, 0) is 19.1 Å². The third kappa shape index (κ3) is 2.45. The molecule has 0 bridgehead atoms. The van der Waals surface area contributed by atoms with E-state index in [-0.39, 0.29) is 0 Å². The second-order valence-electron chi connectivity index (χ2n) is 4.63. The molecule has 0 radical (unpaired) electrons. The lowest BCUT2D eigenvalue weighted by molar-refractivity contribution is -0.152. The zero-order valence-electron chi connectivity index (χ0n) is 10.7. The summed E-state index contributed by atoms with van der Waals surface area (Å²) in [6.07, 6.45) is 3.40. The van der Waals surface area contributed by atoms with Crippen LogP contribution in [0.2, 0.25) is 0 Å². The van der Waals surface area contributed by atoms with Gasteiger partial charge >= 0.3 is 0 Å². The Labute approximate surface area is 111 Å². The van der Waals surface area contributed by atoms with E-state index in [9.17, 15) is 0 Å². The molecule has 1 aliphatic rings. The number of anilines is 1. The fourth-order valence-electron chi connectivity index (χ4n) is 2.11. The Hall–Kier alpha value is -1.92. The first-order valence-corrected chi connectivity index (χ1v) is 6.18. The second kappa shape index (κ2) is 4.64. The van der Waals surface area contributed by atoms with Crippen LogP contribution in [0.3, 0.4) is 0 Å². The van der Waals surface area contributed by atoms with Crippen molar-refractivity contribution in [3.8, 4) is 0 Å². The van der Waals surface area contributed by atoms with Gasteiger partial charge in [-0.25, -0.2) is 0 Å². The molecule has 1 aliphatic heterocycles. The van der Waals surface area contributed by atoms with Crippen molar-refractivity contribution >= 4 is 5.69 Å². The van der Waals surface area contributed by atoms with E-state index >= 15 is 0 Å². The average molecular weight is 260 g/mol. The molecule has 1 saturated heterocycles. The van der Waals surface area contributed by atoms with Gasteiger partial charge in [0.15, 0.2) is 0 Å². The first kappa shape index (κ1) is 12.1. The smallest absolute Gasteiger partial charge is 0.209 e. The third-order valence-electron chi connectivity index (χ3n) is 3.09. The molecule has 0 aromatic carbocycles. The molecule has 0 unspecified atom stereocenters. The molecule has 3 rings (SSSR count). The Balaban J connectivity index is 1.83. The van der Waals surface area contributed by atoms with Crippen LogP contribution in [0.4, 0.5) is 5.69 Å². The summed E-state index contributed by atoms with van der Waals surface area (Å²) in [5, 5.41) is 4.14. The van der Waals surface area contributed by atoms with Gasteiger partial charge in [0.1, 0.15) is 0 Å². The van der Waals surface area contributed by atoms with Gasteiger partial charge in [0.25, 0.3) is 0 Å². The molecule has 6 heteroatoms. The summed E-state index contributed by atoms with van der Waals surface area (Å²) >= 11 is 0. The molecule has 2 N–H and O–H groups in total. The zero-order valence-corrected chi connectivity index (χ0v) is 10.7. The molecule has 2 aromatic heterocycles. The number of pyridine rings is 1. The average Bonchev–Trinajstić information content (AvgIpc) is 3.00. The van der Waals surface area contributed by atoms with Crippen molar-refractivity contribution in [2.75, 3.05) is 18.9 Å². The van der Waals surface area contributed by atoms with Gasteiger partial charge in [0.2, 0.25) is 5.79 Å². The van der Waals surface area contributed by atoms with E-state index in [0.717, 1.165) is 11.4 Å². The van der Waals surface area contributed by atoms with Crippen LogP contribution in [-0.4, -0.2) is 28.0 Å². The molecule has 6 nitrogen and oxygen atoms in total. The molecular weight excluding hydrogens is 244 g/mol. The monoisotopic (exact) mass is 260 g/mol. The summed E-state index contributed by atoms with van der Waals surface area (Å²) in [6, 6.07) is 5.80. The number of rotatable bonds is 3. The molecule has 2 aromatic rings. The lowest BCUT2D eigenvalue weighted by atomic mass is 10.2. The van der Waals surface area contributed by atoms with Crippen molar-refractivity contribution < 1.29 is 9.47 Å². The summed E-state index contributed by atoms with van der Waals surface area (Å²) in [5.74, 6) is -0.737. The van der Waals surface area contributed by atoms with Gasteiger partial charge in [-0.15, -0.1) is 0 Å². The van der Waals surface area contributed by atoms with E-state index in [2.05, 4.69) is 10.1 Å². The fourth-order valence-corrected chi connectivity index (χ4v) is 2.11. The van der Waals surface area contributed by atoms with E-state index in [4.69, 9.17) is 15.2 Å². The quantitative estimate of drug-likeness (QED) is 0.895. The van der Waals surface area contributed by atoms with Crippen molar-refractivity contribution in [2.24, 2.45) is 0 Å². The van der Waals surface area contributed by atoms with Crippen molar-refractivity contribution in [3.05, 3.63) is 42.0 Å². The Bertz CT molecular complexity index is 576. The predicted molar refractivity (Wildman–Crippen MR) is 69.2 cm³/mol. The summed E-state index contributed by atoms with van der Waals surface area (Å²) < 4.78 is 13.0. The van der Waals surface area contributed by atoms with Crippen molar-refractivity contribution in [2.45, 2.75) is 19.3 Å². The highest BCUT2D eigenvalue weighted by molar-refractivity contribution is 5.30. The van der Waals surface area contributed by atoms with Crippen LogP contribution in [0.25, 0.3) is 0 Å². The van der Waals surface area contributed by atoms with Crippen LogP contribution in [0.15, 0.2) is 30.6 Å². The summed E-state index contributed by atoms with van der Waals surface area (Å²) in [5.41, 5.74) is 7.95. The fraction of sp³-hybridized carbons (Fsp3) is 0.385. The Morgan fingerprint density at radius 1 is 1.37 bits per heavy atom. The highest BCUT2D eigenvalue weighted by atomic mass is 16.7.